The van der Waals surface area contributed by atoms with Crippen molar-refractivity contribution in [2.24, 2.45) is 0 Å². The van der Waals surface area contributed by atoms with Crippen molar-refractivity contribution in [2.45, 2.75) is 13.0 Å². The minimum atomic E-state index is -0.0349. The summed E-state index contributed by atoms with van der Waals surface area (Å²) in [6.07, 6.45) is -0.0349. The molecule has 1 saturated heterocycles. The van der Waals surface area contributed by atoms with Crippen LogP contribution < -0.4 is 0 Å². The van der Waals surface area contributed by atoms with E-state index in [1.165, 1.54) is 0 Å². The maximum atomic E-state index is 12.7. The fourth-order valence-electron chi connectivity index (χ4n) is 2.68. The SMILES string of the molecule is Cc1cc(C(=O)N(C)C[C@@H]2COCCO2)sc1-c1ccccc1. The third kappa shape index (κ3) is 3.80. The van der Waals surface area contributed by atoms with Gasteiger partial charge in [-0.3, -0.25) is 4.79 Å². The van der Waals surface area contributed by atoms with Crippen LogP contribution in [-0.2, 0) is 9.47 Å². The molecule has 1 fully saturated rings. The lowest BCUT2D eigenvalue weighted by Gasteiger charge is -2.27. The van der Waals surface area contributed by atoms with E-state index < -0.39 is 0 Å². The highest BCUT2D eigenvalue weighted by molar-refractivity contribution is 7.17. The second-order valence-corrected chi connectivity index (χ2v) is 6.79. The van der Waals surface area contributed by atoms with Crippen LogP contribution in [0.5, 0.6) is 0 Å². The normalized spacial score (nSPS) is 17.9. The lowest BCUT2D eigenvalue weighted by Crippen LogP contribution is -2.40. The van der Waals surface area contributed by atoms with E-state index in [1.54, 1.807) is 16.2 Å². The second kappa shape index (κ2) is 7.25. The van der Waals surface area contributed by atoms with Crippen LogP contribution in [0.4, 0.5) is 0 Å². The van der Waals surface area contributed by atoms with Crippen molar-refractivity contribution in [1.82, 2.24) is 4.90 Å². The minimum absolute atomic E-state index is 0.0349. The monoisotopic (exact) mass is 331 g/mol. The van der Waals surface area contributed by atoms with Crippen molar-refractivity contribution in [3.8, 4) is 10.4 Å². The molecule has 1 aromatic carbocycles. The molecule has 1 aliphatic rings. The molecule has 0 aliphatic carbocycles. The van der Waals surface area contributed by atoms with Crippen molar-refractivity contribution in [3.63, 3.8) is 0 Å². The van der Waals surface area contributed by atoms with Crippen molar-refractivity contribution in [2.75, 3.05) is 33.4 Å². The van der Waals surface area contributed by atoms with Crippen LogP contribution in [0, 0.1) is 6.92 Å². The number of carbonyl (C=O) groups excluding carboxylic acids is 1. The van der Waals surface area contributed by atoms with Gasteiger partial charge in [-0.25, -0.2) is 0 Å². The Bertz CT molecular complexity index is 662. The van der Waals surface area contributed by atoms with Gasteiger partial charge in [0, 0.05) is 18.5 Å². The Kier molecular flexibility index (Phi) is 5.10. The van der Waals surface area contributed by atoms with E-state index in [4.69, 9.17) is 9.47 Å². The molecule has 122 valence electrons. The van der Waals surface area contributed by atoms with Gasteiger partial charge in [-0.15, -0.1) is 11.3 Å². The summed E-state index contributed by atoms with van der Waals surface area (Å²) in [5.74, 6) is 0.0365. The molecule has 23 heavy (non-hydrogen) atoms. The summed E-state index contributed by atoms with van der Waals surface area (Å²) in [6.45, 7) is 4.39. The Hall–Kier alpha value is -1.69. The minimum Gasteiger partial charge on any atom is -0.376 e. The first kappa shape index (κ1) is 16.2. The molecule has 5 heteroatoms. The molecule has 2 heterocycles. The van der Waals surface area contributed by atoms with Gasteiger partial charge in [0.2, 0.25) is 0 Å². The maximum absolute atomic E-state index is 12.7. The first-order valence-corrected chi connectivity index (χ1v) is 8.57. The largest absolute Gasteiger partial charge is 0.376 e. The van der Waals surface area contributed by atoms with E-state index in [9.17, 15) is 4.79 Å². The Morgan fingerprint density at radius 3 is 2.78 bits per heavy atom. The van der Waals surface area contributed by atoms with Crippen LogP contribution >= 0.6 is 11.3 Å². The highest BCUT2D eigenvalue weighted by atomic mass is 32.1. The molecule has 3 rings (SSSR count). The first-order chi connectivity index (χ1) is 11.1. The number of hydrogen-bond acceptors (Lipinski definition) is 4. The van der Waals surface area contributed by atoms with Gasteiger partial charge in [-0.2, -0.15) is 0 Å². The average Bonchev–Trinajstić information content (AvgIpc) is 2.97. The van der Waals surface area contributed by atoms with Gasteiger partial charge in [-0.1, -0.05) is 30.3 Å². The molecule has 0 spiro atoms. The summed E-state index contributed by atoms with van der Waals surface area (Å²) in [7, 11) is 1.82. The lowest BCUT2D eigenvalue weighted by molar-refractivity contribution is -0.0933. The molecular formula is C18H21NO3S. The molecular weight excluding hydrogens is 310 g/mol. The molecule has 0 unspecified atom stereocenters. The zero-order valence-corrected chi connectivity index (χ0v) is 14.3. The Balaban J connectivity index is 1.72. The van der Waals surface area contributed by atoms with Crippen molar-refractivity contribution < 1.29 is 14.3 Å². The van der Waals surface area contributed by atoms with Crippen LogP contribution in [0.2, 0.25) is 0 Å². The molecule has 0 saturated carbocycles. The second-order valence-electron chi connectivity index (χ2n) is 5.74. The van der Waals surface area contributed by atoms with Gasteiger partial charge in [0.15, 0.2) is 0 Å². The van der Waals surface area contributed by atoms with Crippen molar-refractivity contribution >= 4 is 17.2 Å². The van der Waals surface area contributed by atoms with E-state index in [0.29, 0.717) is 26.4 Å². The van der Waals surface area contributed by atoms with Gasteiger partial charge < -0.3 is 14.4 Å². The highest BCUT2D eigenvalue weighted by Crippen LogP contribution is 2.32. The number of nitrogens with zero attached hydrogens (tertiary/aromatic N) is 1. The predicted molar refractivity (Wildman–Crippen MR) is 92.0 cm³/mol. The number of carbonyl (C=O) groups is 1. The summed E-state index contributed by atoms with van der Waals surface area (Å²) < 4.78 is 11.0. The summed E-state index contributed by atoms with van der Waals surface area (Å²) >= 11 is 1.55. The Labute approximate surface area is 140 Å². The molecule has 1 aliphatic heterocycles. The van der Waals surface area contributed by atoms with Gasteiger partial charge >= 0.3 is 0 Å². The van der Waals surface area contributed by atoms with E-state index in [1.807, 2.05) is 38.2 Å². The summed E-state index contributed by atoms with van der Waals surface area (Å²) in [4.78, 5) is 16.3. The van der Waals surface area contributed by atoms with Crippen molar-refractivity contribution in [3.05, 3.63) is 46.8 Å². The quantitative estimate of drug-likeness (QED) is 0.863. The fourth-order valence-corrected chi connectivity index (χ4v) is 3.85. The number of rotatable bonds is 4. The highest BCUT2D eigenvalue weighted by Gasteiger charge is 2.22. The number of thiophene rings is 1. The number of hydrogen-bond donors (Lipinski definition) is 0. The first-order valence-electron chi connectivity index (χ1n) is 7.76. The molecule has 2 aromatic rings. The maximum Gasteiger partial charge on any atom is 0.263 e. The predicted octanol–water partition coefficient (Wildman–Crippen LogP) is 3.21. The molecule has 1 atom stereocenters. The van der Waals surface area contributed by atoms with Crippen LogP contribution in [0.15, 0.2) is 36.4 Å². The topological polar surface area (TPSA) is 38.8 Å². The molecule has 0 bridgehead atoms. The third-order valence-corrected chi connectivity index (χ3v) is 5.15. The Morgan fingerprint density at radius 1 is 1.30 bits per heavy atom. The zero-order chi connectivity index (χ0) is 16.2. The molecule has 0 radical (unpaired) electrons. The average molecular weight is 331 g/mol. The van der Waals surface area contributed by atoms with Gasteiger partial charge in [0.25, 0.3) is 5.91 Å². The van der Waals surface area contributed by atoms with Crippen LogP contribution in [0.25, 0.3) is 10.4 Å². The Morgan fingerprint density at radius 2 is 2.09 bits per heavy atom. The zero-order valence-electron chi connectivity index (χ0n) is 13.5. The van der Waals surface area contributed by atoms with Gasteiger partial charge in [-0.05, 0) is 24.1 Å². The van der Waals surface area contributed by atoms with Crippen LogP contribution in [0.1, 0.15) is 15.2 Å². The number of benzene rings is 1. The van der Waals surface area contributed by atoms with Gasteiger partial charge in [0.1, 0.15) is 0 Å². The van der Waals surface area contributed by atoms with E-state index in [2.05, 4.69) is 12.1 Å². The standard InChI is InChI=1S/C18H21NO3S/c1-13-10-16(23-17(13)14-6-4-3-5-7-14)18(20)19(2)11-15-12-21-8-9-22-15/h3-7,10,15H,8-9,11-12H2,1-2H3/t15-/m1/s1. The van der Waals surface area contributed by atoms with E-state index in [-0.39, 0.29) is 12.0 Å². The lowest BCUT2D eigenvalue weighted by atomic mass is 10.1. The molecule has 0 N–H and O–H groups in total. The van der Waals surface area contributed by atoms with Crippen LogP contribution in [-0.4, -0.2) is 50.3 Å². The number of amides is 1. The molecule has 1 aromatic heterocycles. The van der Waals surface area contributed by atoms with E-state index in [0.717, 1.165) is 20.9 Å². The smallest absolute Gasteiger partial charge is 0.263 e. The summed E-state index contributed by atoms with van der Waals surface area (Å²) in [6, 6.07) is 12.2. The van der Waals surface area contributed by atoms with E-state index >= 15 is 0 Å². The van der Waals surface area contributed by atoms with Crippen LogP contribution in [0.3, 0.4) is 0 Å². The summed E-state index contributed by atoms with van der Waals surface area (Å²) in [5, 5.41) is 0. The molecule has 4 nitrogen and oxygen atoms in total. The summed E-state index contributed by atoms with van der Waals surface area (Å²) in [5.41, 5.74) is 2.29. The molecule has 1 amide bonds. The van der Waals surface area contributed by atoms with Gasteiger partial charge in [0.05, 0.1) is 30.8 Å². The number of aryl methyl sites for hydroxylation is 1. The number of likely N-dealkylation sites (N-methyl/N-ethyl adjacent to an activating group) is 1. The number of ether oxygens (including phenoxy) is 2. The van der Waals surface area contributed by atoms with Crippen molar-refractivity contribution in [1.29, 1.82) is 0 Å². The fraction of sp³-hybridized carbons (Fsp3) is 0.389. The third-order valence-electron chi connectivity index (χ3n) is 3.87.